The molecule has 0 radical (unpaired) electrons. The van der Waals surface area contributed by atoms with E-state index in [1.54, 1.807) is 0 Å². The van der Waals surface area contributed by atoms with Crippen LogP contribution < -0.4 is 10.6 Å². The summed E-state index contributed by atoms with van der Waals surface area (Å²) >= 11 is 0. The molecule has 2 fully saturated rings. The summed E-state index contributed by atoms with van der Waals surface area (Å²) in [5, 5.41) is 25.6. The molecule has 0 amide bonds. The van der Waals surface area contributed by atoms with Crippen molar-refractivity contribution in [3.05, 3.63) is 0 Å². The largest absolute Gasteiger partial charge is 0.389 e. The van der Waals surface area contributed by atoms with Crippen molar-refractivity contribution in [2.75, 3.05) is 19.6 Å². The SMILES string of the molecule is Cl.Cl.OC1CNC2(CCNCC2)C1O. The monoisotopic (exact) mass is 244 g/mol. The molecule has 2 aliphatic rings. The highest BCUT2D eigenvalue weighted by molar-refractivity contribution is 5.85. The average molecular weight is 245 g/mol. The van der Waals surface area contributed by atoms with Crippen LogP contribution in [0.25, 0.3) is 0 Å². The summed E-state index contributed by atoms with van der Waals surface area (Å²) in [6, 6.07) is 0. The third-order valence-electron chi connectivity index (χ3n) is 3.09. The van der Waals surface area contributed by atoms with Crippen molar-refractivity contribution in [1.29, 1.82) is 0 Å². The highest BCUT2D eigenvalue weighted by atomic mass is 35.5. The maximum Gasteiger partial charge on any atom is 0.0993 e. The Balaban J connectivity index is 0.000000845. The van der Waals surface area contributed by atoms with Crippen LogP contribution in [0.5, 0.6) is 0 Å². The van der Waals surface area contributed by atoms with Gasteiger partial charge < -0.3 is 20.8 Å². The van der Waals surface area contributed by atoms with Gasteiger partial charge in [0, 0.05) is 12.1 Å². The lowest BCUT2D eigenvalue weighted by molar-refractivity contribution is 0.000732. The van der Waals surface area contributed by atoms with Crippen LogP contribution in [0.3, 0.4) is 0 Å². The molecule has 1 spiro atoms. The number of halogens is 2. The number of aliphatic hydroxyl groups excluding tert-OH is 2. The van der Waals surface area contributed by atoms with Gasteiger partial charge in [0.2, 0.25) is 0 Å². The molecule has 4 N–H and O–H groups in total. The summed E-state index contributed by atoms with van der Waals surface area (Å²) < 4.78 is 0. The van der Waals surface area contributed by atoms with Gasteiger partial charge in [-0.25, -0.2) is 0 Å². The topological polar surface area (TPSA) is 64.5 Å². The molecule has 0 saturated carbocycles. The minimum Gasteiger partial charge on any atom is -0.389 e. The predicted molar refractivity (Wildman–Crippen MR) is 59.3 cm³/mol. The number of hydrogen-bond acceptors (Lipinski definition) is 4. The lowest BCUT2D eigenvalue weighted by Crippen LogP contribution is -2.55. The van der Waals surface area contributed by atoms with E-state index in [1.807, 2.05) is 0 Å². The van der Waals surface area contributed by atoms with E-state index >= 15 is 0 Å². The molecule has 0 bridgehead atoms. The van der Waals surface area contributed by atoms with Gasteiger partial charge in [-0.15, -0.1) is 24.8 Å². The number of hydrogen-bond donors (Lipinski definition) is 4. The van der Waals surface area contributed by atoms with Crippen LogP contribution in [0.2, 0.25) is 0 Å². The first-order chi connectivity index (χ1) is 5.75. The van der Waals surface area contributed by atoms with Crippen molar-refractivity contribution in [3.63, 3.8) is 0 Å². The maximum atomic E-state index is 9.73. The quantitative estimate of drug-likeness (QED) is 0.454. The van der Waals surface area contributed by atoms with Crippen molar-refractivity contribution >= 4 is 24.8 Å². The summed E-state index contributed by atoms with van der Waals surface area (Å²) in [6.45, 7) is 2.38. The van der Waals surface area contributed by atoms with Gasteiger partial charge in [-0.2, -0.15) is 0 Å². The van der Waals surface area contributed by atoms with E-state index in [4.69, 9.17) is 0 Å². The summed E-state index contributed by atoms with van der Waals surface area (Å²) in [5.41, 5.74) is -0.204. The van der Waals surface area contributed by atoms with Crippen LogP contribution in [0, 0.1) is 0 Å². The number of rotatable bonds is 0. The van der Waals surface area contributed by atoms with Gasteiger partial charge in [-0.05, 0) is 25.9 Å². The first-order valence-corrected chi connectivity index (χ1v) is 4.56. The lowest BCUT2D eigenvalue weighted by atomic mass is 9.84. The zero-order chi connectivity index (χ0) is 8.60. The van der Waals surface area contributed by atoms with Crippen LogP contribution in [-0.2, 0) is 0 Å². The van der Waals surface area contributed by atoms with Crippen LogP contribution in [0.1, 0.15) is 12.8 Å². The van der Waals surface area contributed by atoms with Crippen molar-refractivity contribution in [2.45, 2.75) is 30.6 Å². The van der Waals surface area contributed by atoms with Gasteiger partial charge >= 0.3 is 0 Å². The lowest BCUT2D eigenvalue weighted by Gasteiger charge is -2.37. The van der Waals surface area contributed by atoms with Crippen molar-refractivity contribution in [3.8, 4) is 0 Å². The molecule has 4 nitrogen and oxygen atoms in total. The Labute approximate surface area is 96.3 Å². The summed E-state index contributed by atoms with van der Waals surface area (Å²) in [4.78, 5) is 0. The second kappa shape index (κ2) is 5.49. The van der Waals surface area contributed by atoms with E-state index in [0.717, 1.165) is 25.9 Å². The minimum absolute atomic E-state index is 0. The average Bonchev–Trinajstić information content (AvgIpc) is 2.37. The zero-order valence-electron chi connectivity index (χ0n) is 7.90. The Morgan fingerprint density at radius 3 is 2.07 bits per heavy atom. The van der Waals surface area contributed by atoms with Gasteiger partial charge in [0.25, 0.3) is 0 Å². The van der Waals surface area contributed by atoms with Crippen molar-refractivity contribution < 1.29 is 10.2 Å². The Morgan fingerprint density at radius 1 is 1.07 bits per heavy atom. The number of piperidine rings is 1. The van der Waals surface area contributed by atoms with Gasteiger partial charge in [0.1, 0.15) is 0 Å². The fraction of sp³-hybridized carbons (Fsp3) is 1.00. The van der Waals surface area contributed by atoms with Crippen molar-refractivity contribution in [2.24, 2.45) is 0 Å². The molecule has 0 aromatic heterocycles. The molecular weight excluding hydrogens is 227 g/mol. The molecule has 0 aromatic carbocycles. The van der Waals surface area contributed by atoms with Crippen LogP contribution in [0.4, 0.5) is 0 Å². The van der Waals surface area contributed by atoms with Crippen LogP contribution in [0.15, 0.2) is 0 Å². The fourth-order valence-electron chi connectivity index (χ4n) is 2.24. The minimum atomic E-state index is -0.584. The standard InChI is InChI=1S/C8H16N2O2.2ClH/c11-6-5-10-8(7(6)12)1-3-9-4-2-8;;/h6-7,9-12H,1-5H2;2*1H. The van der Waals surface area contributed by atoms with Gasteiger partial charge in [-0.3, -0.25) is 0 Å². The molecule has 2 heterocycles. The molecule has 0 aromatic rings. The first-order valence-electron chi connectivity index (χ1n) is 4.56. The maximum absolute atomic E-state index is 9.73. The molecule has 86 valence electrons. The summed E-state index contributed by atoms with van der Waals surface area (Å²) in [5.74, 6) is 0. The second-order valence-electron chi connectivity index (χ2n) is 3.80. The third-order valence-corrected chi connectivity index (χ3v) is 3.09. The third kappa shape index (κ3) is 2.32. The Morgan fingerprint density at radius 2 is 1.64 bits per heavy atom. The van der Waals surface area contributed by atoms with Gasteiger partial charge in [-0.1, -0.05) is 0 Å². The molecule has 0 aliphatic carbocycles. The van der Waals surface area contributed by atoms with Crippen molar-refractivity contribution in [1.82, 2.24) is 10.6 Å². The smallest absolute Gasteiger partial charge is 0.0993 e. The first kappa shape index (κ1) is 14.4. The number of nitrogens with one attached hydrogen (secondary N) is 2. The van der Waals surface area contributed by atoms with E-state index in [1.165, 1.54) is 0 Å². The summed E-state index contributed by atoms with van der Waals surface area (Å²) in [7, 11) is 0. The van der Waals surface area contributed by atoms with E-state index in [-0.39, 0.29) is 30.4 Å². The van der Waals surface area contributed by atoms with Gasteiger partial charge in [0.05, 0.1) is 12.2 Å². The van der Waals surface area contributed by atoms with Crippen LogP contribution in [-0.4, -0.2) is 47.6 Å². The summed E-state index contributed by atoms with van der Waals surface area (Å²) in [6.07, 6.45) is 0.652. The zero-order valence-corrected chi connectivity index (χ0v) is 9.53. The molecule has 2 aliphatic heterocycles. The van der Waals surface area contributed by atoms with Gasteiger partial charge in [0.15, 0.2) is 0 Å². The molecule has 2 unspecified atom stereocenters. The predicted octanol–water partition coefficient (Wildman–Crippen LogP) is -0.723. The van der Waals surface area contributed by atoms with E-state index in [0.29, 0.717) is 6.54 Å². The Kier molecular flexibility index (Phi) is 5.65. The van der Waals surface area contributed by atoms with E-state index in [2.05, 4.69) is 10.6 Å². The molecule has 2 rings (SSSR count). The molecule has 2 saturated heterocycles. The Bertz CT molecular complexity index is 171. The highest BCUT2D eigenvalue weighted by Crippen LogP contribution is 2.28. The molecule has 6 heteroatoms. The second-order valence-corrected chi connectivity index (χ2v) is 3.80. The molecule has 2 atom stereocenters. The fourth-order valence-corrected chi connectivity index (χ4v) is 2.24. The van der Waals surface area contributed by atoms with E-state index in [9.17, 15) is 10.2 Å². The Hall–Kier alpha value is 0.420. The number of β-amino-alcohol motifs (C(OH)–C–C–N with tert-alkyl or cyclic N) is 1. The van der Waals surface area contributed by atoms with Crippen LogP contribution >= 0.6 is 24.8 Å². The van der Waals surface area contributed by atoms with E-state index < -0.39 is 12.2 Å². The molecular formula is C8H18Cl2N2O2. The molecule has 14 heavy (non-hydrogen) atoms. The highest BCUT2D eigenvalue weighted by Gasteiger charge is 2.47. The normalized spacial score (nSPS) is 34.7. The number of aliphatic hydroxyl groups is 2.